The Morgan fingerprint density at radius 2 is 2.00 bits per heavy atom. The highest BCUT2D eigenvalue weighted by Gasteiger charge is 2.24. The predicted octanol–water partition coefficient (Wildman–Crippen LogP) is 2.26. The van der Waals surface area contributed by atoms with Gasteiger partial charge in [0.05, 0.1) is 23.3 Å². The molecule has 0 atom stereocenters. The molecular formula is C20H23ClN4O2. The molecule has 1 aromatic heterocycles. The molecule has 27 heavy (non-hydrogen) atoms. The third-order valence-corrected chi connectivity index (χ3v) is 4.90. The van der Waals surface area contributed by atoms with Crippen molar-refractivity contribution in [1.29, 1.82) is 0 Å². The van der Waals surface area contributed by atoms with E-state index in [-0.39, 0.29) is 11.8 Å². The molecule has 3 rings (SSSR count). The van der Waals surface area contributed by atoms with E-state index in [1.165, 1.54) is 0 Å². The maximum atomic E-state index is 13.0. The zero-order valence-corrected chi connectivity index (χ0v) is 16.1. The van der Waals surface area contributed by atoms with Crippen LogP contribution in [0.1, 0.15) is 16.1 Å². The Morgan fingerprint density at radius 3 is 2.70 bits per heavy atom. The number of halogens is 1. The van der Waals surface area contributed by atoms with Crippen LogP contribution >= 0.6 is 11.6 Å². The van der Waals surface area contributed by atoms with Crippen molar-refractivity contribution in [3.05, 3.63) is 53.2 Å². The molecule has 0 bridgehead atoms. The van der Waals surface area contributed by atoms with Crippen molar-refractivity contribution in [2.24, 2.45) is 0 Å². The number of benzene rings is 1. The van der Waals surface area contributed by atoms with Crippen molar-refractivity contribution in [2.75, 3.05) is 39.3 Å². The van der Waals surface area contributed by atoms with E-state index in [9.17, 15) is 9.59 Å². The minimum Gasteiger partial charge on any atom is -0.352 e. The van der Waals surface area contributed by atoms with Gasteiger partial charge in [0.2, 0.25) is 5.91 Å². The third-order valence-electron chi connectivity index (χ3n) is 4.67. The molecule has 0 saturated carbocycles. The quantitative estimate of drug-likeness (QED) is 0.800. The van der Waals surface area contributed by atoms with Crippen LogP contribution < -0.4 is 5.32 Å². The maximum absolute atomic E-state index is 13.0. The molecule has 0 spiro atoms. The zero-order chi connectivity index (χ0) is 19.4. The molecule has 1 saturated heterocycles. The van der Waals surface area contributed by atoms with Gasteiger partial charge in [-0.3, -0.25) is 19.5 Å². The number of aromatic nitrogens is 1. The summed E-state index contributed by atoms with van der Waals surface area (Å²) >= 11 is 6.06. The van der Waals surface area contributed by atoms with Gasteiger partial charge in [-0.25, -0.2) is 0 Å². The second-order valence-corrected chi connectivity index (χ2v) is 7.06. The first-order valence-corrected chi connectivity index (χ1v) is 9.32. The summed E-state index contributed by atoms with van der Waals surface area (Å²) in [5.41, 5.74) is 2.13. The van der Waals surface area contributed by atoms with Gasteiger partial charge in [0.15, 0.2) is 0 Å². The minimum absolute atomic E-state index is 0.0267. The lowest BCUT2D eigenvalue weighted by molar-refractivity contribution is -0.122. The predicted molar refractivity (Wildman–Crippen MR) is 107 cm³/mol. The molecule has 142 valence electrons. The number of aryl methyl sites for hydroxylation is 1. The summed E-state index contributed by atoms with van der Waals surface area (Å²) in [5.74, 6) is -0.0567. The lowest BCUT2D eigenvalue weighted by Crippen LogP contribution is -2.51. The standard InChI is InChI=1S/C20H23ClN4O2/c1-3-6-22-19(26)13-24-7-9-25(10-8-24)20(27)17-12-15-11-16(21)4-5-18(15)23-14(17)2/h3-5,11-12H,1,6-10,13H2,2H3,(H,22,26). The largest absolute Gasteiger partial charge is 0.352 e. The van der Waals surface area contributed by atoms with Crippen LogP contribution in [0.5, 0.6) is 0 Å². The highest BCUT2D eigenvalue weighted by atomic mass is 35.5. The first-order chi connectivity index (χ1) is 13.0. The molecule has 2 aromatic rings. The summed E-state index contributed by atoms with van der Waals surface area (Å²) in [7, 11) is 0. The Labute approximate surface area is 163 Å². The number of hydrogen-bond donors (Lipinski definition) is 1. The van der Waals surface area contributed by atoms with E-state index in [4.69, 9.17) is 11.6 Å². The van der Waals surface area contributed by atoms with Crippen LogP contribution in [0, 0.1) is 6.92 Å². The van der Waals surface area contributed by atoms with Crippen molar-refractivity contribution >= 4 is 34.3 Å². The molecular weight excluding hydrogens is 364 g/mol. The van der Waals surface area contributed by atoms with Crippen molar-refractivity contribution in [1.82, 2.24) is 20.1 Å². The Hall–Kier alpha value is -2.44. The summed E-state index contributed by atoms with van der Waals surface area (Å²) in [6.07, 6.45) is 1.65. The Kier molecular flexibility index (Phi) is 6.08. The number of carbonyl (C=O) groups excluding carboxylic acids is 2. The van der Waals surface area contributed by atoms with Gasteiger partial charge in [-0.05, 0) is 31.2 Å². The van der Waals surface area contributed by atoms with Crippen molar-refractivity contribution < 1.29 is 9.59 Å². The van der Waals surface area contributed by atoms with Crippen LogP contribution in [0.25, 0.3) is 10.9 Å². The lowest BCUT2D eigenvalue weighted by Gasteiger charge is -2.34. The van der Waals surface area contributed by atoms with Gasteiger partial charge in [-0.1, -0.05) is 17.7 Å². The number of nitrogens with one attached hydrogen (secondary N) is 1. The van der Waals surface area contributed by atoms with E-state index in [1.807, 2.05) is 34.9 Å². The van der Waals surface area contributed by atoms with E-state index < -0.39 is 0 Å². The van der Waals surface area contributed by atoms with E-state index in [1.54, 1.807) is 12.1 Å². The first kappa shape index (κ1) is 19.3. The van der Waals surface area contributed by atoms with Crippen LogP contribution in [-0.4, -0.2) is 65.9 Å². The van der Waals surface area contributed by atoms with Crippen LogP contribution in [0.15, 0.2) is 36.9 Å². The van der Waals surface area contributed by atoms with Crippen molar-refractivity contribution in [2.45, 2.75) is 6.92 Å². The number of nitrogens with zero attached hydrogens (tertiary/aromatic N) is 3. The van der Waals surface area contributed by atoms with Gasteiger partial charge >= 0.3 is 0 Å². The molecule has 1 fully saturated rings. The number of fused-ring (bicyclic) bond motifs is 1. The Balaban J connectivity index is 1.65. The van der Waals surface area contributed by atoms with Gasteiger partial charge in [0.1, 0.15) is 0 Å². The van der Waals surface area contributed by atoms with Gasteiger partial charge in [0, 0.05) is 43.1 Å². The monoisotopic (exact) mass is 386 g/mol. The van der Waals surface area contributed by atoms with Gasteiger partial charge in [-0.15, -0.1) is 6.58 Å². The summed E-state index contributed by atoms with van der Waals surface area (Å²) < 4.78 is 0. The van der Waals surface area contributed by atoms with Crippen LogP contribution in [0.3, 0.4) is 0 Å². The third kappa shape index (κ3) is 4.64. The SMILES string of the molecule is C=CCNC(=O)CN1CCN(C(=O)c2cc3cc(Cl)ccc3nc2C)CC1. The van der Waals surface area contributed by atoms with Crippen molar-refractivity contribution in [3.63, 3.8) is 0 Å². The van der Waals surface area contributed by atoms with Crippen LogP contribution in [-0.2, 0) is 4.79 Å². The fourth-order valence-corrected chi connectivity index (χ4v) is 3.37. The smallest absolute Gasteiger partial charge is 0.255 e. The highest BCUT2D eigenvalue weighted by Crippen LogP contribution is 2.22. The average molecular weight is 387 g/mol. The van der Waals surface area contributed by atoms with Gasteiger partial charge in [-0.2, -0.15) is 0 Å². The molecule has 0 radical (unpaired) electrons. The van der Waals surface area contributed by atoms with Gasteiger partial charge in [0.25, 0.3) is 5.91 Å². The fraction of sp³-hybridized carbons (Fsp3) is 0.350. The molecule has 1 aliphatic heterocycles. The Morgan fingerprint density at radius 1 is 1.26 bits per heavy atom. The Bertz CT molecular complexity index is 876. The molecule has 6 nitrogen and oxygen atoms in total. The number of amides is 2. The number of rotatable bonds is 5. The molecule has 2 heterocycles. The molecule has 0 unspecified atom stereocenters. The molecule has 7 heteroatoms. The van der Waals surface area contributed by atoms with Crippen molar-refractivity contribution in [3.8, 4) is 0 Å². The first-order valence-electron chi connectivity index (χ1n) is 8.94. The molecule has 1 N–H and O–H groups in total. The second-order valence-electron chi connectivity index (χ2n) is 6.62. The summed E-state index contributed by atoms with van der Waals surface area (Å²) in [5, 5.41) is 4.25. The van der Waals surface area contributed by atoms with E-state index in [2.05, 4.69) is 16.9 Å². The molecule has 0 aliphatic carbocycles. The zero-order valence-electron chi connectivity index (χ0n) is 15.4. The highest BCUT2D eigenvalue weighted by molar-refractivity contribution is 6.31. The number of carbonyl (C=O) groups is 2. The molecule has 1 aromatic carbocycles. The number of hydrogen-bond acceptors (Lipinski definition) is 4. The summed E-state index contributed by atoms with van der Waals surface area (Å²) in [6, 6.07) is 7.33. The van der Waals surface area contributed by atoms with Crippen LogP contribution in [0.2, 0.25) is 5.02 Å². The second kappa shape index (κ2) is 8.50. The normalized spacial score (nSPS) is 15.0. The minimum atomic E-state index is -0.0300. The topological polar surface area (TPSA) is 65.5 Å². The average Bonchev–Trinajstić information content (AvgIpc) is 2.66. The lowest BCUT2D eigenvalue weighted by atomic mass is 10.1. The fourth-order valence-electron chi connectivity index (χ4n) is 3.18. The maximum Gasteiger partial charge on any atom is 0.255 e. The summed E-state index contributed by atoms with van der Waals surface area (Å²) in [4.78, 5) is 33.2. The van der Waals surface area contributed by atoms with Gasteiger partial charge < -0.3 is 10.2 Å². The number of pyridine rings is 1. The molecule has 1 aliphatic rings. The van der Waals surface area contributed by atoms with Crippen LogP contribution in [0.4, 0.5) is 0 Å². The van der Waals surface area contributed by atoms with E-state index in [0.717, 1.165) is 10.9 Å². The number of piperazine rings is 1. The van der Waals surface area contributed by atoms with E-state index >= 15 is 0 Å². The van der Waals surface area contributed by atoms with E-state index in [0.29, 0.717) is 55.5 Å². The molecule has 2 amide bonds. The summed E-state index contributed by atoms with van der Waals surface area (Å²) in [6.45, 7) is 8.74.